The molecule has 5 heteroatoms. The minimum absolute atomic E-state index is 0.566. The van der Waals surface area contributed by atoms with Crippen LogP contribution in [0.2, 0.25) is 4.34 Å². The van der Waals surface area contributed by atoms with Crippen molar-refractivity contribution in [2.24, 2.45) is 0 Å². The average Bonchev–Trinajstić information content (AvgIpc) is 2.58. The second-order valence-electron chi connectivity index (χ2n) is 4.09. The highest BCUT2D eigenvalue weighted by atomic mass is 35.5. The Balaban J connectivity index is 2.03. The quantitative estimate of drug-likeness (QED) is 0.864. The van der Waals surface area contributed by atoms with Crippen molar-refractivity contribution in [2.75, 3.05) is 13.1 Å². The van der Waals surface area contributed by atoms with Crippen LogP contribution < -0.4 is 5.32 Å². The second-order valence-corrected chi connectivity index (χ2v) is 5.83. The van der Waals surface area contributed by atoms with Crippen LogP contribution in [0.5, 0.6) is 0 Å². The molecule has 1 N–H and O–H groups in total. The third kappa shape index (κ3) is 2.69. The molecule has 2 heterocycles. The van der Waals surface area contributed by atoms with Gasteiger partial charge in [-0.3, -0.25) is 4.90 Å². The van der Waals surface area contributed by atoms with E-state index in [0.717, 1.165) is 29.0 Å². The average molecular weight is 246 g/mol. The number of hydrogen-bond acceptors (Lipinski definition) is 4. The van der Waals surface area contributed by atoms with Crippen molar-refractivity contribution in [2.45, 2.75) is 32.5 Å². The van der Waals surface area contributed by atoms with Crippen LogP contribution in [-0.4, -0.2) is 35.1 Å². The molecule has 0 radical (unpaired) electrons. The van der Waals surface area contributed by atoms with Crippen LogP contribution in [0.25, 0.3) is 0 Å². The largest absolute Gasteiger partial charge is 0.314 e. The fourth-order valence-electron chi connectivity index (χ4n) is 2.00. The summed E-state index contributed by atoms with van der Waals surface area (Å²) >= 11 is 7.45. The Morgan fingerprint density at radius 2 is 2.20 bits per heavy atom. The van der Waals surface area contributed by atoms with E-state index in [0.29, 0.717) is 12.1 Å². The first-order valence-corrected chi connectivity index (χ1v) is 6.43. The molecule has 84 valence electrons. The summed E-state index contributed by atoms with van der Waals surface area (Å²) in [5.74, 6) is 0. The Bertz CT molecular complexity index is 318. The monoisotopic (exact) mass is 245 g/mol. The van der Waals surface area contributed by atoms with Crippen LogP contribution in [0.1, 0.15) is 18.9 Å². The van der Waals surface area contributed by atoms with Crippen LogP contribution >= 0.6 is 22.9 Å². The Kier molecular flexibility index (Phi) is 3.61. The van der Waals surface area contributed by atoms with E-state index in [1.54, 1.807) is 17.5 Å². The fourth-order valence-corrected chi connectivity index (χ4v) is 2.96. The predicted octanol–water partition coefficient (Wildman–Crippen LogP) is 1.98. The minimum atomic E-state index is 0.566. The van der Waals surface area contributed by atoms with Gasteiger partial charge < -0.3 is 5.32 Å². The molecule has 3 nitrogen and oxygen atoms in total. The van der Waals surface area contributed by atoms with Gasteiger partial charge in [-0.2, -0.15) is 0 Å². The summed E-state index contributed by atoms with van der Waals surface area (Å²) in [5, 5.41) is 4.53. The van der Waals surface area contributed by atoms with Gasteiger partial charge in [-0.15, -0.1) is 11.3 Å². The Morgan fingerprint density at radius 3 is 2.73 bits per heavy atom. The molecule has 1 aliphatic heterocycles. The van der Waals surface area contributed by atoms with Crippen LogP contribution in [-0.2, 0) is 6.54 Å². The van der Waals surface area contributed by atoms with Crippen LogP contribution in [0.15, 0.2) is 6.20 Å². The molecule has 1 aliphatic rings. The highest BCUT2D eigenvalue weighted by molar-refractivity contribution is 7.15. The van der Waals surface area contributed by atoms with Gasteiger partial charge in [0.1, 0.15) is 9.34 Å². The zero-order valence-corrected chi connectivity index (χ0v) is 10.6. The summed E-state index contributed by atoms with van der Waals surface area (Å²) in [6.45, 7) is 7.53. The SMILES string of the molecule is C[C@@H]1CNC[C@H](C)N1Cc1ncc(Cl)s1. The molecule has 0 spiro atoms. The Morgan fingerprint density at radius 1 is 1.53 bits per heavy atom. The standard InChI is InChI=1S/C10H16ClN3S/c1-7-3-12-4-8(2)14(7)6-10-13-5-9(11)15-10/h5,7-8,12H,3-4,6H2,1-2H3/t7-,8+. The maximum atomic E-state index is 5.88. The molecular formula is C10H16ClN3S. The predicted molar refractivity (Wildman–Crippen MR) is 64.5 cm³/mol. The summed E-state index contributed by atoms with van der Waals surface area (Å²) in [6.07, 6.45) is 1.74. The summed E-state index contributed by atoms with van der Waals surface area (Å²) < 4.78 is 0.778. The molecule has 0 bridgehead atoms. The van der Waals surface area contributed by atoms with E-state index in [9.17, 15) is 0 Å². The number of rotatable bonds is 2. The number of piperazine rings is 1. The molecule has 0 saturated carbocycles. The van der Waals surface area contributed by atoms with Crippen molar-refractivity contribution < 1.29 is 0 Å². The lowest BCUT2D eigenvalue weighted by atomic mass is 10.1. The van der Waals surface area contributed by atoms with Crippen LogP contribution in [0.4, 0.5) is 0 Å². The van der Waals surface area contributed by atoms with E-state index >= 15 is 0 Å². The highest BCUT2D eigenvalue weighted by Crippen LogP contribution is 2.22. The molecule has 0 aromatic carbocycles. The number of aromatic nitrogens is 1. The Hall–Kier alpha value is -0.160. The normalized spacial score (nSPS) is 28.2. The van der Waals surface area contributed by atoms with Gasteiger partial charge in [-0.25, -0.2) is 4.98 Å². The van der Waals surface area contributed by atoms with Crippen LogP contribution in [0, 0.1) is 0 Å². The molecule has 1 fully saturated rings. The zero-order chi connectivity index (χ0) is 10.8. The molecule has 1 aromatic rings. The topological polar surface area (TPSA) is 28.2 Å². The highest BCUT2D eigenvalue weighted by Gasteiger charge is 2.24. The summed E-state index contributed by atoms with van der Waals surface area (Å²) in [5.41, 5.74) is 0. The lowest BCUT2D eigenvalue weighted by Crippen LogP contribution is -2.54. The van der Waals surface area contributed by atoms with Crippen molar-refractivity contribution >= 4 is 22.9 Å². The number of hydrogen-bond donors (Lipinski definition) is 1. The number of thiazole rings is 1. The minimum Gasteiger partial charge on any atom is -0.314 e. The van der Waals surface area contributed by atoms with Gasteiger partial charge in [-0.1, -0.05) is 11.6 Å². The summed E-state index contributed by atoms with van der Waals surface area (Å²) in [6, 6.07) is 1.13. The molecule has 0 aliphatic carbocycles. The molecule has 1 aromatic heterocycles. The van der Waals surface area contributed by atoms with E-state index < -0.39 is 0 Å². The first-order valence-electron chi connectivity index (χ1n) is 5.23. The van der Waals surface area contributed by atoms with E-state index in [2.05, 4.69) is 29.0 Å². The third-order valence-electron chi connectivity index (χ3n) is 2.85. The van der Waals surface area contributed by atoms with Gasteiger partial charge in [0.2, 0.25) is 0 Å². The smallest absolute Gasteiger partial charge is 0.113 e. The Labute approximate surface area is 99.5 Å². The van der Waals surface area contributed by atoms with Gasteiger partial charge >= 0.3 is 0 Å². The first kappa shape index (κ1) is 11.3. The molecule has 1 saturated heterocycles. The molecule has 0 unspecified atom stereocenters. The molecule has 2 rings (SSSR count). The van der Waals surface area contributed by atoms with Crippen molar-refractivity contribution in [3.63, 3.8) is 0 Å². The molecule has 15 heavy (non-hydrogen) atoms. The lowest BCUT2D eigenvalue weighted by molar-refractivity contribution is 0.108. The maximum absolute atomic E-state index is 5.88. The second kappa shape index (κ2) is 4.78. The summed E-state index contributed by atoms with van der Waals surface area (Å²) in [4.78, 5) is 6.78. The van der Waals surface area contributed by atoms with Crippen molar-refractivity contribution in [3.8, 4) is 0 Å². The fraction of sp³-hybridized carbons (Fsp3) is 0.700. The van der Waals surface area contributed by atoms with Crippen LogP contribution in [0.3, 0.4) is 0 Å². The van der Waals surface area contributed by atoms with Crippen molar-refractivity contribution in [3.05, 3.63) is 15.5 Å². The zero-order valence-electron chi connectivity index (χ0n) is 9.03. The van der Waals surface area contributed by atoms with Crippen molar-refractivity contribution in [1.82, 2.24) is 15.2 Å². The number of nitrogens with zero attached hydrogens (tertiary/aromatic N) is 2. The third-order valence-corrected chi connectivity index (χ3v) is 3.95. The summed E-state index contributed by atoms with van der Waals surface area (Å²) in [7, 11) is 0. The van der Waals surface area contributed by atoms with E-state index in [1.807, 2.05) is 0 Å². The van der Waals surface area contributed by atoms with Gasteiger partial charge in [0, 0.05) is 25.2 Å². The lowest BCUT2D eigenvalue weighted by Gasteiger charge is -2.38. The number of halogens is 1. The van der Waals surface area contributed by atoms with Gasteiger partial charge in [0.25, 0.3) is 0 Å². The maximum Gasteiger partial charge on any atom is 0.113 e. The van der Waals surface area contributed by atoms with E-state index in [1.165, 1.54) is 0 Å². The van der Waals surface area contributed by atoms with E-state index in [-0.39, 0.29) is 0 Å². The van der Waals surface area contributed by atoms with Gasteiger partial charge in [0.15, 0.2) is 0 Å². The van der Waals surface area contributed by atoms with Gasteiger partial charge in [-0.05, 0) is 13.8 Å². The van der Waals surface area contributed by atoms with E-state index in [4.69, 9.17) is 11.6 Å². The van der Waals surface area contributed by atoms with Crippen molar-refractivity contribution in [1.29, 1.82) is 0 Å². The first-order chi connectivity index (χ1) is 7.16. The van der Waals surface area contributed by atoms with Gasteiger partial charge in [0.05, 0.1) is 12.7 Å². The molecular weight excluding hydrogens is 230 g/mol. The molecule has 2 atom stereocenters. The molecule has 0 amide bonds. The number of nitrogens with one attached hydrogen (secondary N) is 1.